The number of urea groups is 1. The number of amides is 2. The van der Waals surface area contributed by atoms with Gasteiger partial charge in [-0.25, -0.2) is 9.18 Å². The second-order valence-electron chi connectivity index (χ2n) is 5.23. The predicted octanol–water partition coefficient (Wildman–Crippen LogP) is 4.58. The molecule has 1 aromatic carbocycles. The van der Waals surface area contributed by atoms with Crippen molar-refractivity contribution in [1.82, 2.24) is 10.6 Å². The van der Waals surface area contributed by atoms with E-state index in [2.05, 4.69) is 16.7 Å². The van der Waals surface area contributed by atoms with Gasteiger partial charge in [0.05, 0.1) is 6.04 Å². The van der Waals surface area contributed by atoms with Crippen LogP contribution < -0.4 is 10.6 Å². The van der Waals surface area contributed by atoms with E-state index in [4.69, 9.17) is 0 Å². The summed E-state index contributed by atoms with van der Waals surface area (Å²) >= 11 is 3.24. The highest BCUT2D eigenvalue weighted by molar-refractivity contribution is 7.10. The fourth-order valence-electron chi connectivity index (χ4n) is 2.37. The van der Waals surface area contributed by atoms with Crippen LogP contribution in [0.1, 0.15) is 21.4 Å². The summed E-state index contributed by atoms with van der Waals surface area (Å²) < 4.78 is 13.2. The van der Waals surface area contributed by atoms with Gasteiger partial charge in [0.25, 0.3) is 0 Å². The molecule has 2 aromatic heterocycles. The lowest BCUT2D eigenvalue weighted by molar-refractivity contribution is 0.239. The number of hydrogen-bond acceptors (Lipinski definition) is 3. The van der Waals surface area contributed by atoms with E-state index >= 15 is 0 Å². The van der Waals surface area contributed by atoms with Crippen molar-refractivity contribution in [1.29, 1.82) is 0 Å². The van der Waals surface area contributed by atoms with Gasteiger partial charge in [-0.3, -0.25) is 0 Å². The van der Waals surface area contributed by atoms with E-state index in [0.29, 0.717) is 6.54 Å². The van der Waals surface area contributed by atoms with Crippen molar-refractivity contribution in [2.75, 3.05) is 6.54 Å². The fourth-order valence-corrected chi connectivity index (χ4v) is 3.88. The van der Waals surface area contributed by atoms with Crippen LogP contribution in [0, 0.1) is 5.82 Å². The number of nitrogens with one attached hydrogen (secondary N) is 2. The number of rotatable bonds is 6. The van der Waals surface area contributed by atoms with Crippen LogP contribution in [0.25, 0.3) is 0 Å². The van der Waals surface area contributed by atoms with Gasteiger partial charge in [0.2, 0.25) is 0 Å². The molecule has 0 aliphatic carbocycles. The quantitative estimate of drug-likeness (QED) is 0.664. The Bertz CT molecular complexity index is 755. The van der Waals surface area contributed by atoms with Gasteiger partial charge in [0, 0.05) is 16.3 Å². The normalized spacial score (nSPS) is 11.9. The second kappa shape index (κ2) is 8.08. The number of thiophene rings is 2. The monoisotopic (exact) mass is 360 g/mol. The molecular formula is C18H17FN2OS2. The summed E-state index contributed by atoms with van der Waals surface area (Å²) in [6.45, 7) is 0.576. The summed E-state index contributed by atoms with van der Waals surface area (Å²) in [5.41, 5.74) is 0.854. The average molecular weight is 360 g/mol. The third-order valence-corrected chi connectivity index (χ3v) is 5.42. The lowest BCUT2D eigenvalue weighted by Crippen LogP contribution is -2.39. The van der Waals surface area contributed by atoms with Crippen molar-refractivity contribution in [3.05, 3.63) is 80.4 Å². The average Bonchev–Trinajstić information content (AvgIpc) is 3.27. The van der Waals surface area contributed by atoms with Crippen LogP contribution in [0.2, 0.25) is 0 Å². The van der Waals surface area contributed by atoms with E-state index < -0.39 is 0 Å². The van der Waals surface area contributed by atoms with Gasteiger partial charge in [-0.2, -0.15) is 0 Å². The van der Waals surface area contributed by atoms with Crippen LogP contribution in [0.5, 0.6) is 0 Å². The highest BCUT2D eigenvalue weighted by atomic mass is 32.1. The molecule has 24 heavy (non-hydrogen) atoms. The van der Waals surface area contributed by atoms with Gasteiger partial charge in [-0.15, -0.1) is 22.7 Å². The Morgan fingerprint density at radius 3 is 2.46 bits per heavy atom. The topological polar surface area (TPSA) is 41.1 Å². The van der Waals surface area contributed by atoms with Gasteiger partial charge in [0.1, 0.15) is 5.82 Å². The molecule has 3 rings (SSSR count). The van der Waals surface area contributed by atoms with Crippen LogP contribution >= 0.6 is 22.7 Å². The molecular weight excluding hydrogens is 343 g/mol. The predicted molar refractivity (Wildman–Crippen MR) is 97.1 cm³/mol. The maximum Gasteiger partial charge on any atom is 0.315 e. The molecule has 0 bridgehead atoms. The first-order valence-electron chi connectivity index (χ1n) is 7.58. The Balaban J connectivity index is 1.63. The maximum absolute atomic E-state index is 13.2. The molecule has 124 valence electrons. The molecule has 3 nitrogen and oxygen atoms in total. The zero-order valence-corrected chi connectivity index (χ0v) is 14.5. The molecule has 0 fully saturated rings. The molecule has 2 N–H and O–H groups in total. The number of hydrogen-bond donors (Lipinski definition) is 2. The largest absolute Gasteiger partial charge is 0.338 e. The summed E-state index contributed by atoms with van der Waals surface area (Å²) in [6, 6.07) is 13.7. The van der Waals surface area contributed by atoms with Crippen LogP contribution in [-0.4, -0.2) is 12.6 Å². The second-order valence-corrected chi connectivity index (χ2v) is 7.24. The smallest absolute Gasteiger partial charge is 0.315 e. The van der Waals surface area contributed by atoms with Gasteiger partial charge < -0.3 is 10.6 Å². The zero-order chi connectivity index (χ0) is 16.8. The summed E-state index contributed by atoms with van der Waals surface area (Å²) in [6.07, 6.45) is 0.811. The van der Waals surface area contributed by atoms with E-state index in [9.17, 15) is 9.18 Å². The SMILES string of the molecule is O=C(NCCc1cccs1)N[C@H](c1ccc(F)cc1)c1cccs1. The molecule has 0 saturated heterocycles. The highest BCUT2D eigenvalue weighted by Gasteiger charge is 2.17. The van der Waals surface area contributed by atoms with Crippen molar-refractivity contribution >= 4 is 28.7 Å². The van der Waals surface area contributed by atoms with Crippen molar-refractivity contribution in [3.8, 4) is 0 Å². The summed E-state index contributed by atoms with van der Waals surface area (Å²) in [4.78, 5) is 14.5. The van der Waals surface area contributed by atoms with Crippen LogP contribution in [0.4, 0.5) is 9.18 Å². The van der Waals surface area contributed by atoms with Crippen molar-refractivity contribution in [3.63, 3.8) is 0 Å². The van der Waals surface area contributed by atoms with Gasteiger partial charge >= 0.3 is 6.03 Å². The molecule has 0 aliphatic rings. The molecule has 0 aliphatic heterocycles. The van der Waals surface area contributed by atoms with E-state index in [0.717, 1.165) is 16.9 Å². The zero-order valence-electron chi connectivity index (χ0n) is 12.9. The van der Waals surface area contributed by atoms with E-state index in [1.54, 1.807) is 34.8 Å². The third-order valence-electron chi connectivity index (χ3n) is 3.54. The Morgan fingerprint density at radius 2 is 1.79 bits per heavy atom. The Morgan fingerprint density at radius 1 is 1.04 bits per heavy atom. The number of halogens is 1. The summed E-state index contributed by atoms with van der Waals surface area (Å²) in [5, 5.41) is 9.84. The molecule has 3 aromatic rings. The first kappa shape index (κ1) is 16.7. The number of carbonyl (C=O) groups is 1. The number of benzene rings is 1. The minimum atomic E-state index is -0.288. The fraction of sp³-hybridized carbons (Fsp3) is 0.167. The lowest BCUT2D eigenvalue weighted by atomic mass is 10.1. The lowest BCUT2D eigenvalue weighted by Gasteiger charge is -2.18. The van der Waals surface area contributed by atoms with Crippen LogP contribution in [0.3, 0.4) is 0 Å². The molecule has 2 heterocycles. The molecule has 0 saturated carbocycles. The molecule has 0 spiro atoms. The Kier molecular flexibility index (Phi) is 5.61. The molecule has 6 heteroatoms. The molecule has 0 unspecified atom stereocenters. The third kappa shape index (κ3) is 4.43. The van der Waals surface area contributed by atoms with Crippen LogP contribution in [-0.2, 0) is 6.42 Å². The number of carbonyl (C=O) groups excluding carboxylic acids is 1. The first-order chi connectivity index (χ1) is 11.7. The maximum atomic E-state index is 13.2. The highest BCUT2D eigenvalue weighted by Crippen LogP contribution is 2.26. The Hall–Kier alpha value is -2.18. The Labute approximate surface area is 148 Å². The van der Waals surface area contributed by atoms with Crippen molar-refractivity contribution < 1.29 is 9.18 Å². The van der Waals surface area contributed by atoms with Gasteiger partial charge in [-0.1, -0.05) is 24.3 Å². The summed E-state index contributed by atoms with van der Waals surface area (Å²) in [7, 11) is 0. The van der Waals surface area contributed by atoms with Crippen molar-refractivity contribution in [2.45, 2.75) is 12.5 Å². The van der Waals surface area contributed by atoms with E-state index in [1.807, 2.05) is 29.0 Å². The van der Waals surface area contributed by atoms with Gasteiger partial charge in [-0.05, 0) is 47.0 Å². The molecule has 2 amide bonds. The minimum absolute atomic E-state index is 0.228. The summed E-state index contributed by atoms with van der Waals surface area (Å²) in [5.74, 6) is -0.288. The van der Waals surface area contributed by atoms with E-state index in [1.165, 1.54) is 17.0 Å². The standard InChI is InChI=1S/C18H17FN2OS2/c19-14-7-5-13(6-8-14)17(16-4-2-12-24-16)21-18(22)20-10-9-15-3-1-11-23-15/h1-8,11-12,17H,9-10H2,(H2,20,21,22)/t17-/m1/s1. The van der Waals surface area contributed by atoms with E-state index in [-0.39, 0.29) is 17.9 Å². The minimum Gasteiger partial charge on any atom is -0.338 e. The molecule has 0 radical (unpaired) electrons. The first-order valence-corrected chi connectivity index (χ1v) is 9.34. The molecule has 1 atom stereocenters. The van der Waals surface area contributed by atoms with Gasteiger partial charge in [0.15, 0.2) is 0 Å². The van der Waals surface area contributed by atoms with Crippen molar-refractivity contribution in [2.24, 2.45) is 0 Å². The van der Waals surface area contributed by atoms with Crippen LogP contribution in [0.15, 0.2) is 59.3 Å².